The summed E-state index contributed by atoms with van der Waals surface area (Å²) in [5, 5.41) is 0. The van der Waals surface area contributed by atoms with E-state index in [1.165, 1.54) is 12.1 Å². The number of aliphatic imine (C=N–C) groups is 1. The zero-order valence-electron chi connectivity index (χ0n) is 8.95. The molecule has 5 heteroatoms. The molecule has 2 N–H and O–H groups in total. The lowest BCUT2D eigenvalue weighted by atomic mass is 9.97. The standard InChI is InChI=1S/C11H13F2N3/c1-16-6-7(5-15-11(16)14)9-3-2-8(12)4-10(9)13/h2-4,7H,5-6H2,1H3,(H2,14,15). The maximum atomic E-state index is 13.5. The Morgan fingerprint density at radius 1 is 1.44 bits per heavy atom. The van der Waals surface area contributed by atoms with E-state index in [1.807, 2.05) is 0 Å². The van der Waals surface area contributed by atoms with Crippen LogP contribution in [0.5, 0.6) is 0 Å². The number of rotatable bonds is 1. The third-order valence-corrected chi connectivity index (χ3v) is 2.76. The average molecular weight is 225 g/mol. The minimum absolute atomic E-state index is 0.0714. The molecule has 1 aromatic carbocycles. The summed E-state index contributed by atoms with van der Waals surface area (Å²) >= 11 is 0. The lowest BCUT2D eigenvalue weighted by molar-refractivity contribution is 0.412. The third kappa shape index (κ3) is 1.98. The quantitative estimate of drug-likeness (QED) is 0.783. The SMILES string of the molecule is CN1CC(c2ccc(F)cc2F)CN=C1N. The summed E-state index contributed by atoms with van der Waals surface area (Å²) in [5.41, 5.74) is 6.09. The van der Waals surface area contributed by atoms with Gasteiger partial charge in [0.2, 0.25) is 0 Å². The van der Waals surface area contributed by atoms with E-state index in [0.29, 0.717) is 24.6 Å². The van der Waals surface area contributed by atoms with Crippen LogP contribution in [0.1, 0.15) is 11.5 Å². The summed E-state index contributed by atoms with van der Waals surface area (Å²) in [7, 11) is 1.80. The topological polar surface area (TPSA) is 41.6 Å². The lowest BCUT2D eigenvalue weighted by Crippen LogP contribution is -2.41. The van der Waals surface area contributed by atoms with Crippen LogP contribution < -0.4 is 5.73 Å². The van der Waals surface area contributed by atoms with E-state index in [0.717, 1.165) is 6.07 Å². The maximum absolute atomic E-state index is 13.5. The van der Waals surface area contributed by atoms with Gasteiger partial charge in [-0.25, -0.2) is 8.78 Å². The summed E-state index contributed by atoms with van der Waals surface area (Å²) in [5.74, 6) is -0.695. The normalized spacial score (nSPS) is 20.8. The number of guanidine groups is 1. The van der Waals surface area contributed by atoms with Gasteiger partial charge in [0.1, 0.15) is 11.6 Å². The molecule has 1 atom stereocenters. The number of benzene rings is 1. The molecule has 2 rings (SSSR count). The molecule has 0 saturated heterocycles. The first kappa shape index (κ1) is 10.9. The second kappa shape index (κ2) is 4.08. The van der Waals surface area contributed by atoms with Gasteiger partial charge in [-0.1, -0.05) is 6.07 Å². The first-order valence-corrected chi connectivity index (χ1v) is 5.04. The molecular formula is C11H13F2N3. The predicted molar refractivity (Wildman–Crippen MR) is 58.2 cm³/mol. The number of hydrogen-bond donors (Lipinski definition) is 1. The highest BCUT2D eigenvalue weighted by molar-refractivity contribution is 5.78. The summed E-state index contributed by atoms with van der Waals surface area (Å²) in [6.07, 6.45) is 0. The van der Waals surface area contributed by atoms with Crippen LogP contribution in [0.4, 0.5) is 8.78 Å². The van der Waals surface area contributed by atoms with Gasteiger partial charge in [-0.05, 0) is 11.6 Å². The summed E-state index contributed by atoms with van der Waals surface area (Å²) in [4.78, 5) is 5.85. The van der Waals surface area contributed by atoms with Gasteiger partial charge in [-0.15, -0.1) is 0 Å². The Kier molecular flexibility index (Phi) is 2.77. The van der Waals surface area contributed by atoms with E-state index in [2.05, 4.69) is 4.99 Å². The van der Waals surface area contributed by atoms with E-state index < -0.39 is 11.6 Å². The molecule has 1 aliphatic rings. The fourth-order valence-electron chi connectivity index (χ4n) is 1.84. The maximum Gasteiger partial charge on any atom is 0.191 e. The summed E-state index contributed by atoms with van der Waals surface area (Å²) in [6.45, 7) is 1.04. The Balaban J connectivity index is 2.26. The molecule has 86 valence electrons. The van der Waals surface area contributed by atoms with Crippen LogP contribution in [0.3, 0.4) is 0 Å². The van der Waals surface area contributed by atoms with Crippen molar-refractivity contribution in [3.8, 4) is 0 Å². The Morgan fingerprint density at radius 2 is 2.19 bits per heavy atom. The third-order valence-electron chi connectivity index (χ3n) is 2.76. The molecule has 0 amide bonds. The molecule has 0 radical (unpaired) electrons. The van der Waals surface area contributed by atoms with Crippen LogP contribution in [-0.2, 0) is 0 Å². The molecule has 0 bridgehead atoms. The predicted octanol–water partition coefficient (Wildman–Crippen LogP) is 1.31. The zero-order chi connectivity index (χ0) is 11.7. The number of likely N-dealkylation sites (N-methyl/N-ethyl adjacent to an activating group) is 1. The molecule has 1 aliphatic heterocycles. The van der Waals surface area contributed by atoms with Crippen molar-refractivity contribution in [1.82, 2.24) is 4.90 Å². The molecular weight excluding hydrogens is 212 g/mol. The number of nitrogens with two attached hydrogens (primary N) is 1. The Morgan fingerprint density at radius 3 is 2.81 bits per heavy atom. The highest BCUT2D eigenvalue weighted by Crippen LogP contribution is 2.23. The van der Waals surface area contributed by atoms with Crippen molar-refractivity contribution >= 4 is 5.96 Å². The van der Waals surface area contributed by atoms with Crippen LogP contribution in [0.2, 0.25) is 0 Å². The van der Waals surface area contributed by atoms with E-state index >= 15 is 0 Å². The van der Waals surface area contributed by atoms with Crippen LogP contribution in [0.15, 0.2) is 23.2 Å². The van der Waals surface area contributed by atoms with Crippen molar-refractivity contribution in [1.29, 1.82) is 0 Å². The highest BCUT2D eigenvalue weighted by Gasteiger charge is 2.22. The van der Waals surface area contributed by atoms with Crippen molar-refractivity contribution in [3.63, 3.8) is 0 Å². The first-order chi connectivity index (χ1) is 7.58. The minimum Gasteiger partial charge on any atom is -0.370 e. The van der Waals surface area contributed by atoms with Gasteiger partial charge in [-0.3, -0.25) is 4.99 Å². The van der Waals surface area contributed by atoms with Crippen LogP contribution in [-0.4, -0.2) is 31.0 Å². The molecule has 1 heterocycles. The van der Waals surface area contributed by atoms with Gasteiger partial charge >= 0.3 is 0 Å². The minimum atomic E-state index is -0.562. The van der Waals surface area contributed by atoms with Crippen molar-refractivity contribution in [3.05, 3.63) is 35.4 Å². The van der Waals surface area contributed by atoms with E-state index in [1.54, 1.807) is 11.9 Å². The Bertz CT molecular complexity index is 431. The van der Waals surface area contributed by atoms with Gasteiger partial charge in [0.05, 0.1) is 6.54 Å². The van der Waals surface area contributed by atoms with Gasteiger partial charge in [0.25, 0.3) is 0 Å². The van der Waals surface area contributed by atoms with Gasteiger partial charge in [0.15, 0.2) is 5.96 Å². The zero-order valence-corrected chi connectivity index (χ0v) is 8.95. The van der Waals surface area contributed by atoms with E-state index in [9.17, 15) is 8.78 Å². The number of halogens is 2. The Labute approximate surface area is 92.6 Å². The van der Waals surface area contributed by atoms with E-state index in [4.69, 9.17) is 5.73 Å². The number of hydrogen-bond acceptors (Lipinski definition) is 3. The Hall–Kier alpha value is -1.65. The molecule has 0 saturated carbocycles. The molecule has 16 heavy (non-hydrogen) atoms. The van der Waals surface area contributed by atoms with Crippen LogP contribution in [0.25, 0.3) is 0 Å². The molecule has 3 nitrogen and oxygen atoms in total. The average Bonchev–Trinajstić information content (AvgIpc) is 2.22. The van der Waals surface area contributed by atoms with Gasteiger partial charge in [-0.2, -0.15) is 0 Å². The molecule has 0 aromatic heterocycles. The van der Waals surface area contributed by atoms with Crippen molar-refractivity contribution in [2.45, 2.75) is 5.92 Å². The highest BCUT2D eigenvalue weighted by atomic mass is 19.1. The lowest BCUT2D eigenvalue weighted by Gasteiger charge is -2.29. The smallest absolute Gasteiger partial charge is 0.191 e. The summed E-state index contributed by atoms with van der Waals surface area (Å²) < 4.78 is 26.3. The fraction of sp³-hybridized carbons (Fsp3) is 0.364. The monoisotopic (exact) mass is 225 g/mol. The second-order valence-electron chi connectivity index (χ2n) is 3.94. The molecule has 0 aliphatic carbocycles. The molecule has 1 unspecified atom stereocenters. The van der Waals surface area contributed by atoms with Crippen molar-refractivity contribution < 1.29 is 8.78 Å². The fourth-order valence-corrected chi connectivity index (χ4v) is 1.84. The first-order valence-electron chi connectivity index (χ1n) is 5.04. The van der Waals surface area contributed by atoms with Crippen LogP contribution >= 0.6 is 0 Å². The molecule has 0 spiro atoms. The van der Waals surface area contributed by atoms with E-state index in [-0.39, 0.29) is 5.92 Å². The van der Waals surface area contributed by atoms with Crippen molar-refractivity contribution in [2.75, 3.05) is 20.1 Å². The van der Waals surface area contributed by atoms with Gasteiger partial charge in [0, 0.05) is 25.6 Å². The van der Waals surface area contributed by atoms with Crippen LogP contribution in [0, 0.1) is 11.6 Å². The number of nitrogens with zero attached hydrogens (tertiary/aromatic N) is 2. The molecule has 0 fully saturated rings. The molecule has 1 aromatic rings. The summed E-state index contributed by atoms with van der Waals surface area (Å²) in [6, 6.07) is 3.64. The van der Waals surface area contributed by atoms with Gasteiger partial charge < -0.3 is 10.6 Å². The second-order valence-corrected chi connectivity index (χ2v) is 3.94. The van der Waals surface area contributed by atoms with Crippen molar-refractivity contribution in [2.24, 2.45) is 10.7 Å². The largest absolute Gasteiger partial charge is 0.370 e.